The molecule has 2 heterocycles. The number of hydrogen-bond donors (Lipinski definition) is 2. The second kappa shape index (κ2) is 13.5. The number of hydrogen-bond acceptors (Lipinski definition) is 9. The lowest BCUT2D eigenvalue weighted by Gasteiger charge is -2.43. The Labute approximate surface area is 269 Å². The number of allylic oxidation sites excluding steroid dienone is 2. The van der Waals surface area contributed by atoms with Gasteiger partial charge in [-0.3, -0.25) is 0 Å². The van der Waals surface area contributed by atoms with Gasteiger partial charge in [-0.2, -0.15) is 8.42 Å². The van der Waals surface area contributed by atoms with Crippen LogP contribution in [0.25, 0.3) is 0 Å². The number of ether oxygens (including phenoxy) is 4. The third kappa shape index (κ3) is 6.73. The van der Waals surface area contributed by atoms with Gasteiger partial charge in [-0.05, 0) is 29.7 Å². The molecule has 0 fully saturated rings. The summed E-state index contributed by atoms with van der Waals surface area (Å²) in [5.74, 6) is 0.342. The Balaban J connectivity index is 1.50. The summed E-state index contributed by atoms with van der Waals surface area (Å²) >= 11 is 6.41. The fraction of sp³-hybridized carbons (Fsp3) is 0.394. The first-order chi connectivity index (χ1) is 21.5. The van der Waals surface area contributed by atoms with Crippen LogP contribution in [-0.4, -0.2) is 51.2 Å². The van der Waals surface area contributed by atoms with E-state index >= 15 is 4.39 Å². The van der Waals surface area contributed by atoms with E-state index in [0.717, 1.165) is 5.56 Å². The first-order valence-electron chi connectivity index (χ1n) is 14.6. The predicted molar refractivity (Wildman–Crippen MR) is 173 cm³/mol. The summed E-state index contributed by atoms with van der Waals surface area (Å²) in [6.45, 7) is 3.91. The Morgan fingerprint density at radius 3 is 2.69 bits per heavy atom. The van der Waals surface area contributed by atoms with Crippen LogP contribution in [0.5, 0.6) is 5.75 Å². The van der Waals surface area contributed by atoms with Crippen LogP contribution in [-0.2, 0) is 42.4 Å². The molecule has 2 aliphatic heterocycles. The molecule has 9 nitrogen and oxygen atoms in total. The zero-order valence-corrected chi connectivity index (χ0v) is 26.9. The second-order valence-corrected chi connectivity index (χ2v) is 13.0. The Kier molecular flexibility index (Phi) is 9.85. The molecule has 0 spiro atoms. The molecule has 0 amide bonds. The van der Waals surface area contributed by atoms with Crippen molar-refractivity contribution in [2.75, 3.05) is 20.3 Å². The minimum absolute atomic E-state index is 0.0153. The maximum atomic E-state index is 15.9. The summed E-state index contributed by atoms with van der Waals surface area (Å²) in [5.41, 5.74) is 7.72. The van der Waals surface area contributed by atoms with Gasteiger partial charge in [0, 0.05) is 35.6 Å². The molecule has 2 aromatic rings. The Hall–Kier alpha value is -3.48. The first kappa shape index (κ1) is 32.9. The molecule has 2 aromatic carbocycles. The minimum atomic E-state index is -2.37. The van der Waals surface area contributed by atoms with Gasteiger partial charge in [-0.25, -0.2) is 9.38 Å². The number of aliphatic imine (C=N–C) groups is 1. The van der Waals surface area contributed by atoms with E-state index in [2.05, 4.69) is 10.3 Å². The number of benzene rings is 2. The molecule has 12 heteroatoms. The highest BCUT2D eigenvalue weighted by atomic mass is 35.5. The van der Waals surface area contributed by atoms with E-state index in [0.29, 0.717) is 45.8 Å². The molecule has 0 bridgehead atoms. The summed E-state index contributed by atoms with van der Waals surface area (Å²) in [4.78, 5) is 4.81. The van der Waals surface area contributed by atoms with Crippen LogP contribution in [0.3, 0.4) is 0 Å². The van der Waals surface area contributed by atoms with Crippen molar-refractivity contribution in [2.45, 2.75) is 55.8 Å². The quantitative estimate of drug-likeness (QED) is 0.179. The Morgan fingerprint density at radius 2 is 2.02 bits per heavy atom. The van der Waals surface area contributed by atoms with E-state index in [1.165, 1.54) is 18.5 Å². The number of nitrogens with one attached hydrogen (secondary N) is 1. The van der Waals surface area contributed by atoms with Crippen molar-refractivity contribution in [3.8, 4) is 5.75 Å². The van der Waals surface area contributed by atoms with Crippen LogP contribution < -0.4 is 15.8 Å². The lowest BCUT2D eigenvalue weighted by atomic mass is 9.79. The molecule has 240 valence electrons. The number of nitrogens with two attached hydrogens (primary N) is 1. The summed E-state index contributed by atoms with van der Waals surface area (Å²) in [5, 5.41) is 0.769. The number of halogens is 2. The lowest BCUT2D eigenvalue weighted by Crippen LogP contribution is -2.58. The van der Waals surface area contributed by atoms with Crippen molar-refractivity contribution in [3.63, 3.8) is 0 Å². The van der Waals surface area contributed by atoms with Gasteiger partial charge in [0.05, 0.1) is 50.1 Å². The normalized spacial score (nSPS) is 26.6. The van der Waals surface area contributed by atoms with Gasteiger partial charge >= 0.3 is 0 Å². The molecule has 0 saturated carbocycles. The molecule has 4 unspecified atom stereocenters. The minimum Gasteiger partial charge on any atom is -0.496 e. The van der Waals surface area contributed by atoms with Gasteiger partial charge in [0.15, 0.2) is 0 Å². The predicted octanol–water partition coefficient (Wildman–Crippen LogP) is 5.30. The maximum absolute atomic E-state index is 15.9. The van der Waals surface area contributed by atoms with Crippen molar-refractivity contribution in [2.24, 2.45) is 16.6 Å². The molecular formula is C33H37ClFN3O6S. The molecule has 1 aliphatic carbocycles. The van der Waals surface area contributed by atoms with Gasteiger partial charge in [0.2, 0.25) is 15.4 Å². The van der Waals surface area contributed by atoms with Crippen molar-refractivity contribution in [3.05, 3.63) is 95.3 Å². The highest BCUT2D eigenvalue weighted by Gasteiger charge is 2.50. The molecule has 4 atom stereocenters. The summed E-state index contributed by atoms with van der Waals surface area (Å²) in [6, 6.07) is 13.0. The number of fused-ring (bicyclic) bond motifs is 1. The van der Waals surface area contributed by atoms with Crippen molar-refractivity contribution < 1.29 is 31.8 Å². The monoisotopic (exact) mass is 657 g/mol. The summed E-state index contributed by atoms with van der Waals surface area (Å²) in [6.07, 6.45) is 9.09. The topological polar surface area (TPSA) is 121 Å². The van der Waals surface area contributed by atoms with Crippen LogP contribution in [0, 0.1) is 5.92 Å². The van der Waals surface area contributed by atoms with Crippen molar-refractivity contribution >= 4 is 38.8 Å². The first-order valence-corrected chi connectivity index (χ1v) is 16.1. The number of methoxy groups -OCH3 is 1. The van der Waals surface area contributed by atoms with E-state index in [9.17, 15) is 8.42 Å². The second-order valence-electron chi connectivity index (χ2n) is 11.5. The maximum Gasteiger partial charge on any atom is 0.232 e. The van der Waals surface area contributed by atoms with E-state index < -0.39 is 32.8 Å². The van der Waals surface area contributed by atoms with Gasteiger partial charge in [-0.1, -0.05) is 67.9 Å². The third-order valence-electron chi connectivity index (χ3n) is 8.26. The van der Waals surface area contributed by atoms with Crippen LogP contribution >= 0.6 is 11.6 Å². The SMILES string of the molecule is COc1cc2c(cc1C1(CCOCC(C(C)C)=S(=O)=O)CC=CO1)C(N)(C1=CC=CC(F)(Cl)C1OCc1ccccc1)NC=N2. The highest BCUT2D eigenvalue weighted by molar-refractivity contribution is 7.73. The number of alkyl halides is 2. The van der Waals surface area contributed by atoms with Crippen LogP contribution in [0.4, 0.5) is 10.1 Å². The standard InChI is InChI=1S/C33H37ClFN3O6S/c1-22(2)29(45(39)40)20-42-16-14-31(12-8-15-44-31)26-17-25-27(18-28(26)41-3)37-21-38-33(25,36)24-11-7-13-32(34,35)30(24)43-19-23-9-5-4-6-10-23/h4-11,13,15,17-18,21-22,30H,12,14,16,19-20,36H2,1-3H3,(H,37,38). The van der Waals surface area contributed by atoms with E-state index in [-0.39, 0.29) is 25.7 Å². The zero-order chi connectivity index (χ0) is 32.2. The van der Waals surface area contributed by atoms with E-state index in [1.54, 1.807) is 39.4 Å². The van der Waals surface area contributed by atoms with E-state index in [1.807, 2.05) is 42.5 Å². The highest BCUT2D eigenvalue weighted by Crippen LogP contribution is 2.49. The Bertz CT molecular complexity index is 1660. The fourth-order valence-corrected chi connectivity index (χ4v) is 6.56. The average Bonchev–Trinajstić information content (AvgIpc) is 3.49. The molecule has 0 radical (unpaired) electrons. The van der Waals surface area contributed by atoms with Crippen LogP contribution in [0.15, 0.2) is 83.6 Å². The van der Waals surface area contributed by atoms with Crippen LogP contribution in [0.2, 0.25) is 0 Å². The molecule has 3 aliphatic rings. The van der Waals surface area contributed by atoms with Crippen molar-refractivity contribution in [1.82, 2.24) is 5.32 Å². The molecular weight excluding hydrogens is 621 g/mol. The summed E-state index contributed by atoms with van der Waals surface area (Å²) < 4.78 is 63.1. The molecule has 0 saturated heterocycles. The van der Waals surface area contributed by atoms with Gasteiger partial charge < -0.3 is 30.0 Å². The molecule has 5 rings (SSSR count). The summed E-state index contributed by atoms with van der Waals surface area (Å²) in [7, 11) is -0.783. The lowest BCUT2D eigenvalue weighted by molar-refractivity contribution is -0.000354. The smallest absolute Gasteiger partial charge is 0.232 e. The molecule has 0 aromatic heterocycles. The average molecular weight is 658 g/mol. The zero-order valence-electron chi connectivity index (χ0n) is 25.3. The largest absolute Gasteiger partial charge is 0.496 e. The fourth-order valence-electron chi connectivity index (χ4n) is 5.74. The van der Waals surface area contributed by atoms with Crippen molar-refractivity contribution in [1.29, 1.82) is 0 Å². The van der Waals surface area contributed by atoms with Crippen LogP contribution in [0.1, 0.15) is 43.4 Å². The Morgan fingerprint density at radius 1 is 1.24 bits per heavy atom. The molecule has 3 N–H and O–H groups in total. The van der Waals surface area contributed by atoms with Gasteiger partial charge in [0.1, 0.15) is 23.1 Å². The number of nitrogens with zero attached hydrogens (tertiary/aromatic N) is 1. The molecule has 45 heavy (non-hydrogen) atoms. The number of rotatable bonds is 12. The van der Waals surface area contributed by atoms with Gasteiger partial charge in [0.25, 0.3) is 0 Å². The van der Waals surface area contributed by atoms with Gasteiger partial charge in [-0.15, -0.1) is 0 Å². The third-order valence-corrected chi connectivity index (χ3v) is 9.60. The van der Waals surface area contributed by atoms with E-state index in [4.69, 9.17) is 36.3 Å².